The van der Waals surface area contributed by atoms with Crippen LogP contribution in [0.5, 0.6) is 5.75 Å². The lowest BCUT2D eigenvalue weighted by Crippen LogP contribution is -2.34. The maximum absolute atomic E-state index is 12.3. The Labute approximate surface area is 148 Å². The molecule has 5 nitrogen and oxygen atoms in total. The highest BCUT2D eigenvalue weighted by molar-refractivity contribution is 5.92. The second kappa shape index (κ2) is 7.38. The lowest BCUT2D eigenvalue weighted by Gasteiger charge is -2.23. The Hall–Kier alpha value is -2.82. The van der Waals surface area contributed by atoms with E-state index in [1.807, 2.05) is 27.7 Å². The molecule has 132 valence electrons. The Balaban J connectivity index is 2.07. The third kappa shape index (κ3) is 5.64. The zero-order valence-electron chi connectivity index (χ0n) is 15.2. The first kappa shape index (κ1) is 18.5. The minimum atomic E-state index is -0.153. The van der Waals surface area contributed by atoms with Crippen LogP contribution in [0, 0.1) is 6.92 Å². The van der Waals surface area contributed by atoms with Gasteiger partial charge in [0.25, 0.3) is 0 Å². The van der Waals surface area contributed by atoms with E-state index in [-0.39, 0.29) is 23.6 Å². The molecule has 0 radical (unpaired) electrons. The van der Waals surface area contributed by atoms with Crippen LogP contribution in [-0.2, 0) is 11.2 Å². The van der Waals surface area contributed by atoms with E-state index in [9.17, 15) is 9.90 Å². The average molecular weight is 339 g/mol. The number of carbonyl (C=O) groups is 1. The molecule has 0 spiro atoms. The fourth-order valence-electron chi connectivity index (χ4n) is 2.42. The van der Waals surface area contributed by atoms with Gasteiger partial charge >= 0.3 is 0 Å². The molecule has 0 saturated carbocycles. The molecule has 2 rings (SSSR count). The summed E-state index contributed by atoms with van der Waals surface area (Å²) in [6.45, 7) is 12.0. The van der Waals surface area contributed by atoms with Crippen molar-refractivity contribution in [3.05, 3.63) is 59.9 Å². The van der Waals surface area contributed by atoms with E-state index in [1.165, 1.54) is 0 Å². The van der Waals surface area contributed by atoms with E-state index in [1.54, 1.807) is 36.5 Å². The quantitative estimate of drug-likeness (QED) is 0.777. The number of nitrogens with one attached hydrogen (secondary N) is 2. The number of rotatable bonds is 5. The number of amides is 1. The highest BCUT2D eigenvalue weighted by atomic mass is 16.3. The minimum Gasteiger partial charge on any atom is -0.508 e. The van der Waals surface area contributed by atoms with E-state index < -0.39 is 0 Å². The summed E-state index contributed by atoms with van der Waals surface area (Å²) < 4.78 is 0. The molecule has 2 aromatic rings. The first-order valence-corrected chi connectivity index (χ1v) is 8.16. The molecule has 3 N–H and O–H groups in total. The van der Waals surface area contributed by atoms with Crippen molar-refractivity contribution in [2.24, 2.45) is 0 Å². The summed E-state index contributed by atoms with van der Waals surface area (Å²) in [5.41, 5.74) is 3.68. The van der Waals surface area contributed by atoms with Crippen LogP contribution >= 0.6 is 0 Å². The molecule has 0 aliphatic carbocycles. The topological polar surface area (TPSA) is 74.2 Å². The molecular weight excluding hydrogens is 314 g/mol. The van der Waals surface area contributed by atoms with Gasteiger partial charge in [0.15, 0.2) is 0 Å². The van der Waals surface area contributed by atoms with Crippen molar-refractivity contribution >= 4 is 17.3 Å². The Morgan fingerprint density at radius 3 is 2.64 bits per heavy atom. The highest BCUT2D eigenvalue weighted by Crippen LogP contribution is 2.18. The summed E-state index contributed by atoms with van der Waals surface area (Å²) in [7, 11) is 0. The molecule has 1 aromatic heterocycles. The third-order valence-corrected chi connectivity index (χ3v) is 3.56. The van der Waals surface area contributed by atoms with Gasteiger partial charge in [-0.25, -0.2) is 0 Å². The molecule has 0 bridgehead atoms. The first-order chi connectivity index (χ1) is 11.6. The predicted octanol–water partition coefficient (Wildman–Crippen LogP) is 3.64. The Morgan fingerprint density at radius 2 is 1.96 bits per heavy atom. The highest BCUT2D eigenvalue weighted by Gasteiger charge is 2.13. The summed E-state index contributed by atoms with van der Waals surface area (Å²) in [6, 6.07) is 8.54. The predicted molar refractivity (Wildman–Crippen MR) is 101 cm³/mol. The molecule has 25 heavy (non-hydrogen) atoms. The van der Waals surface area contributed by atoms with E-state index >= 15 is 0 Å². The van der Waals surface area contributed by atoms with E-state index in [0.29, 0.717) is 17.1 Å². The number of pyridine rings is 1. The molecule has 0 fully saturated rings. The molecule has 5 heteroatoms. The van der Waals surface area contributed by atoms with E-state index in [0.717, 1.165) is 11.1 Å². The first-order valence-electron chi connectivity index (χ1n) is 8.16. The minimum absolute atomic E-state index is 0.120. The summed E-state index contributed by atoms with van der Waals surface area (Å²) in [5, 5.41) is 15.7. The number of phenols is 1. The number of aromatic hydroxyl groups is 1. The lowest BCUT2D eigenvalue weighted by atomic mass is 10.0. The zero-order valence-corrected chi connectivity index (χ0v) is 15.2. The molecule has 0 aliphatic heterocycles. The van der Waals surface area contributed by atoms with Crippen molar-refractivity contribution < 1.29 is 9.90 Å². The van der Waals surface area contributed by atoms with Crippen LogP contribution < -0.4 is 10.6 Å². The maximum Gasteiger partial charge on any atom is 0.228 e. The van der Waals surface area contributed by atoms with Crippen LogP contribution in [0.15, 0.2) is 43.1 Å². The Morgan fingerprint density at radius 1 is 1.24 bits per heavy atom. The number of aromatic nitrogens is 1. The largest absolute Gasteiger partial charge is 0.508 e. The zero-order chi connectivity index (χ0) is 18.6. The molecule has 0 atom stereocenters. The number of phenolic OH excluding ortho intramolecular Hbond substituents is 1. The van der Waals surface area contributed by atoms with Gasteiger partial charge in [-0.3, -0.25) is 9.78 Å². The lowest BCUT2D eigenvalue weighted by molar-refractivity contribution is -0.115. The van der Waals surface area contributed by atoms with E-state index in [2.05, 4.69) is 22.2 Å². The second-order valence-electron chi connectivity index (χ2n) is 7.12. The summed E-state index contributed by atoms with van der Waals surface area (Å²) in [4.78, 5) is 16.6. The maximum atomic E-state index is 12.3. The fraction of sp³-hybridized carbons (Fsp3) is 0.300. The number of benzene rings is 1. The average Bonchev–Trinajstić information content (AvgIpc) is 2.49. The second-order valence-corrected chi connectivity index (χ2v) is 7.12. The number of nitrogens with zero attached hydrogens (tertiary/aromatic N) is 1. The van der Waals surface area contributed by atoms with Gasteiger partial charge in [0.1, 0.15) is 5.75 Å². The van der Waals surface area contributed by atoms with Gasteiger partial charge in [-0.05, 0) is 63.1 Å². The fourth-order valence-corrected chi connectivity index (χ4v) is 2.42. The van der Waals surface area contributed by atoms with Crippen LogP contribution in [0.3, 0.4) is 0 Å². The van der Waals surface area contributed by atoms with Crippen molar-refractivity contribution in [3.63, 3.8) is 0 Å². The molecule has 1 aromatic carbocycles. The molecule has 1 amide bonds. The van der Waals surface area contributed by atoms with Gasteiger partial charge < -0.3 is 15.7 Å². The van der Waals surface area contributed by atoms with Crippen LogP contribution in [0.25, 0.3) is 5.70 Å². The molecule has 1 heterocycles. The van der Waals surface area contributed by atoms with Crippen molar-refractivity contribution in [2.45, 2.75) is 39.7 Å². The molecular formula is C20H25N3O2. The number of hydrogen-bond acceptors (Lipinski definition) is 4. The van der Waals surface area contributed by atoms with Gasteiger partial charge in [0, 0.05) is 17.4 Å². The molecule has 0 aliphatic rings. The van der Waals surface area contributed by atoms with Crippen LogP contribution in [-0.4, -0.2) is 21.5 Å². The van der Waals surface area contributed by atoms with Gasteiger partial charge in [-0.2, -0.15) is 0 Å². The van der Waals surface area contributed by atoms with Gasteiger partial charge in [0.05, 0.1) is 17.8 Å². The molecule has 0 saturated heterocycles. The molecule has 0 unspecified atom stereocenters. The standard InChI is InChI=1S/C20H25N3O2/c1-13-6-7-17(24)10-15(13)11-19(25)22-16-8-9-21-18(12-16)14(2)23-20(3,4)5/h6-10,12,23-24H,2,11H2,1,3-5H3,(H,21,22,25). The van der Waals surface area contributed by atoms with E-state index in [4.69, 9.17) is 0 Å². The monoisotopic (exact) mass is 339 g/mol. The van der Waals surface area contributed by atoms with Gasteiger partial charge in [0.2, 0.25) is 5.91 Å². The van der Waals surface area contributed by atoms with Crippen molar-refractivity contribution in [1.82, 2.24) is 10.3 Å². The number of aryl methyl sites for hydroxylation is 1. The van der Waals surface area contributed by atoms with Gasteiger partial charge in [-0.1, -0.05) is 12.6 Å². The van der Waals surface area contributed by atoms with Gasteiger partial charge in [-0.15, -0.1) is 0 Å². The number of anilines is 1. The summed E-state index contributed by atoms with van der Waals surface area (Å²) in [5.74, 6) is 0.00407. The Kier molecular flexibility index (Phi) is 5.47. The normalized spacial score (nSPS) is 11.0. The van der Waals surface area contributed by atoms with Crippen LogP contribution in [0.1, 0.15) is 37.6 Å². The van der Waals surface area contributed by atoms with Crippen molar-refractivity contribution in [1.29, 1.82) is 0 Å². The van der Waals surface area contributed by atoms with Crippen LogP contribution in [0.4, 0.5) is 5.69 Å². The van der Waals surface area contributed by atoms with Crippen molar-refractivity contribution in [3.8, 4) is 5.75 Å². The number of hydrogen-bond donors (Lipinski definition) is 3. The summed E-state index contributed by atoms with van der Waals surface area (Å²) in [6.07, 6.45) is 1.83. The van der Waals surface area contributed by atoms with Crippen molar-refractivity contribution in [2.75, 3.05) is 5.32 Å². The van der Waals surface area contributed by atoms with Crippen LogP contribution in [0.2, 0.25) is 0 Å². The Bertz CT molecular complexity index is 792. The summed E-state index contributed by atoms with van der Waals surface area (Å²) >= 11 is 0. The SMILES string of the molecule is C=C(NC(C)(C)C)c1cc(NC(=O)Cc2cc(O)ccc2C)ccn1. The third-order valence-electron chi connectivity index (χ3n) is 3.56. The smallest absolute Gasteiger partial charge is 0.228 e. The number of carbonyl (C=O) groups excluding carboxylic acids is 1.